The largest absolute Gasteiger partial charge is 0.396 e. The maximum atomic E-state index is 9.46. The molecule has 12 rings (SSSR count). The lowest BCUT2D eigenvalue weighted by molar-refractivity contribution is 0.280. The lowest BCUT2D eigenvalue weighted by Crippen LogP contribution is -2.05. The van der Waals surface area contributed by atoms with Gasteiger partial charge in [-0.15, -0.1) is 10.2 Å². The van der Waals surface area contributed by atoms with Crippen molar-refractivity contribution in [2.24, 2.45) is 0 Å². The Labute approximate surface area is 524 Å². The minimum Gasteiger partial charge on any atom is -0.396 e. The van der Waals surface area contributed by atoms with E-state index < -0.39 is 0 Å². The molecule has 91 heavy (non-hydrogen) atoms. The van der Waals surface area contributed by atoms with Crippen LogP contribution in [0.4, 0.5) is 17.5 Å². The number of pyridine rings is 1. The fourth-order valence-electron chi connectivity index (χ4n) is 10.6. The summed E-state index contributed by atoms with van der Waals surface area (Å²) in [6.45, 7) is 30.9. The van der Waals surface area contributed by atoms with Crippen molar-refractivity contribution in [1.82, 2.24) is 68.2 Å². The van der Waals surface area contributed by atoms with Crippen LogP contribution in [-0.4, -0.2) is 103 Å². The van der Waals surface area contributed by atoms with E-state index in [1.165, 1.54) is 28.3 Å². The molecule has 0 saturated carbocycles. The smallest absolute Gasteiger partial charge is 0.257 e. The number of rotatable bonds is 18. The Hall–Kier alpha value is -11.9. The van der Waals surface area contributed by atoms with Crippen LogP contribution in [0.2, 0.25) is 0 Å². The van der Waals surface area contributed by atoms with Gasteiger partial charge < -0.3 is 55.9 Å². The maximum Gasteiger partial charge on any atom is 0.257 e. The molecular formula is C68H64N20O3. The number of nitrogens with zero attached hydrogens (tertiary/aromatic N) is 17. The van der Waals surface area contributed by atoms with E-state index in [1.807, 2.05) is 132 Å². The summed E-state index contributed by atoms with van der Waals surface area (Å²) in [5.74, 6) is 1.80. The first-order valence-corrected chi connectivity index (χ1v) is 29.0. The molecule has 0 spiro atoms. The highest BCUT2D eigenvalue weighted by Crippen LogP contribution is 2.42. The van der Waals surface area contributed by atoms with E-state index in [4.69, 9.17) is 36.9 Å². The number of fused-ring (bicyclic) bond motifs is 3. The molecule has 0 amide bonds. The van der Waals surface area contributed by atoms with Crippen LogP contribution in [-0.2, 0) is 19.6 Å². The molecule has 0 radical (unpaired) electrons. The summed E-state index contributed by atoms with van der Waals surface area (Å²) in [7, 11) is 0. The Balaban J connectivity index is 0.000000150. The van der Waals surface area contributed by atoms with E-state index in [0.717, 1.165) is 83.3 Å². The topological polar surface area (TPSA) is 292 Å². The molecule has 0 atom stereocenters. The van der Waals surface area contributed by atoms with Gasteiger partial charge in [0, 0.05) is 91.6 Å². The number of hydrogen-bond donors (Lipinski definition) is 6. The summed E-state index contributed by atoms with van der Waals surface area (Å²) < 4.78 is 9.00. The van der Waals surface area contributed by atoms with Crippen LogP contribution in [0.3, 0.4) is 0 Å². The first kappa shape index (κ1) is 62.1. The van der Waals surface area contributed by atoms with Crippen LogP contribution < -0.4 is 17.2 Å². The highest BCUT2D eigenvalue weighted by Gasteiger charge is 2.25. The molecule has 0 unspecified atom stereocenters. The molecule has 3 aromatic carbocycles. The minimum absolute atomic E-state index is 0.0398. The Morgan fingerprint density at radius 1 is 0.440 bits per heavy atom. The number of anilines is 3. The summed E-state index contributed by atoms with van der Waals surface area (Å²) in [6.07, 6.45) is 19.7. The van der Waals surface area contributed by atoms with Crippen LogP contribution in [0.5, 0.6) is 0 Å². The minimum atomic E-state index is 0.0398. The van der Waals surface area contributed by atoms with Gasteiger partial charge in [0.15, 0.2) is 0 Å². The zero-order valence-electron chi connectivity index (χ0n) is 50.2. The predicted octanol–water partition coefficient (Wildman–Crippen LogP) is 11.1. The van der Waals surface area contributed by atoms with Gasteiger partial charge in [-0.1, -0.05) is 109 Å². The molecule has 23 nitrogen and oxygen atoms in total. The van der Waals surface area contributed by atoms with Crippen molar-refractivity contribution in [3.05, 3.63) is 227 Å². The molecule has 454 valence electrons. The van der Waals surface area contributed by atoms with Gasteiger partial charge in [0.05, 0.1) is 40.8 Å². The average Bonchev–Trinajstić information content (AvgIpc) is 1.64. The molecule has 0 aliphatic heterocycles. The van der Waals surface area contributed by atoms with Crippen LogP contribution >= 0.6 is 0 Å². The predicted molar refractivity (Wildman–Crippen MR) is 356 cm³/mol. The standard InChI is InChI=1S/C24H22N6O.2C22H21N7O/c1-16-7-9-17(10-8-16)21-20(14-19(26-2)18-6-3-4-11-27-18)30(12-5-13-31)24-22(21)23(25)28-15-29-24;2*1-15-5-7-16(8-6-15)19-17(13-18(24-2)29-11-3-9-27-29)28(10-4-12-30)22-20(19)21(23)25-14-26-22/h3-4,6-11,14-15,31H,5,12-13H2,1H3,(H2,25,28,29);2*3,5-9,11,13-14,30H,4,10,12H2,1H3,(H2,23,25,26)/b19-14-;2*18-13+. The number of nitrogens with two attached hydrogens (primary N) is 3. The Morgan fingerprint density at radius 3 is 1.10 bits per heavy atom. The van der Waals surface area contributed by atoms with Crippen molar-refractivity contribution in [3.8, 4) is 33.4 Å². The van der Waals surface area contributed by atoms with E-state index in [2.05, 4.69) is 59.6 Å². The van der Waals surface area contributed by atoms with Crippen LogP contribution in [0.1, 0.15) is 58.7 Å². The third-order valence-corrected chi connectivity index (χ3v) is 14.9. The van der Waals surface area contributed by atoms with Gasteiger partial charge in [-0.25, -0.2) is 34.7 Å². The summed E-state index contributed by atoms with van der Waals surface area (Å²) in [5, 5.41) is 38.9. The normalized spacial score (nSPS) is 11.7. The van der Waals surface area contributed by atoms with Gasteiger partial charge >= 0.3 is 0 Å². The number of hydrogen-bond acceptors (Lipinski definition) is 15. The van der Waals surface area contributed by atoms with E-state index in [1.54, 1.807) is 55.3 Å². The molecule has 9 aromatic heterocycles. The SMILES string of the molecule is [C-]#[N+]/C(=C\c1c(-c2ccc(C)cc2)c2c(N)ncnc2n1CCCO)c1ccccn1.[C-]#[N+]/C(=C\c1c(-c2ccc(C)cc2)c2c(N)ncnc2n1CCCO)n1cccn1.[C-]#[N+]/C(=C\c1c(-c2ccc(C)cc2)c2c(N)ncnc2n1CCCO)n1cccn1. The second kappa shape index (κ2) is 28.7. The number of nitrogen functional groups attached to an aromatic ring is 3. The molecule has 0 aliphatic carbocycles. The van der Waals surface area contributed by atoms with Crippen LogP contribution in [0.15, 0.2) is 153 Å². The first-order valence-electron chi connectivity index (χ1n) is 29.0. The van der Waals surface area contributed by atoms with Crippen molar-refractivity contribution in [1.29, 1.82) is 0 Å². The Morgan fingerprint density at radius 2 is 0.802 bits per heavy atom. The van der Waals surface area contributed by atoms with E-state index in [0.29, 0.717) is 96.3 Å². The second-order valence-electron chi connectivity index (χ2n) is 20.9. The molecule has 0 aliphatic rings. The molecule has 0 bridgehead atoms. The van der Waals surface area contributed by atoms with Gasteiger partial charge in [0.1, 0.15) is 65.8 Å². The number of aliphatic hydroxyl groups excluding tert-OH is 3. The average molecular weight is 1210 g/mol. The molecule has 0 fully saturated rings. The highest BCUT2D eigenvalue weighted by molar-refractivity contribution is 6.08. The van der Waals surface area contributed by atoms with Crippen molar-refractivity contribution >= 4 is 86.1 Å². The van der Waals surface area contributed by atoms with Crippen molar-refractivity contribution in [2.75, 3.05) is 37.0 Å². The Bertz CT molecular complexity index is 4530. The summed E-state index contributed by atoms with van der Waals surface area (Å²) in [5.41, 5.74) is 33.1. The van der Waals surface area contributed by atoms with Gasteiger partial charge in [-0.2, -0.15) is 9.36 Å². The lowest BCUT2D eigenvalue weighted by atomic mass is 10.0. The quantitative estimate of drug-likeness (QED) is 0.0435. The van der Waals surface area contributed by atoms with Crippen LogP contribution in [0, 0.1) is 40.5 Å². The lowest BCUT2D eigenvalue weighted by Gasteiger charge is -2.10. The number of aromatic nitrogens is 14. The van der Waals surface area contributed by atoms with Crippen molar-refractivity contribution in [3.63, 3.8) is 0 Å². The fraction of sp³-hybridized carbons (Fsp3) is 0.176. The van der Waals surface area contributed by atoms with E-state index in [9.17, 15) is 15.3 Å². The van der Waals surface area contributed by atoms with Gasteiger partial charge in [0.2, 0.25) is 5.70 Å². The molecule has 9 heterocycles. The zero-order valence-corrected chi connectivity index (χ0v) is 50.2. The number of benzene rings is 3. The third kappa shape index (κ3) is 13.3. The molecule has 0 saturated heterocycles. The molecule has 12 aromatic rings. The summed E-state index contributed by atoms with van der Waals surface area (Å²) in [6, 6.07) is 33.4. The number of aliphatic hydroxyl groups is 3. The Kier molecular flexibility index (Phi) is 19.6. The summed E-state index contributed by atoms with van der Waals surface area (Å²) >= 11 is 0. The highest BCUT2D eigenvalue weighted by atomic mass is 16.3. The first-order chi connectivity index (χ1) is 44.4. The maximum absolute atomic E-state index is 9.46. The monoisotopic (exact) mass is 1210 g/mol. The van der Waals surface area contributed by atoms with Gasteiger partial charge in [-0.05, 0) is 87.1 Å². The number of aryl methyl sites for hydroxylation is 6. The van der Waals surface area contributed by atoms with Gasteiger partial charge in [0.25, 0.3) is 11.6 Å². The second-order valence-corrected chi connectivity index (χ2v) is 20.9. The van der Waals surface area contributed by atoms with E-state index >= 15 is 0 Å². The molecule has 23 heteroatoms. The summed E-state index contributed by atoms with van der Waals surface area (Å²) in [4.78, 5) is 41.5. The zero-order chi connectivity index (χ0) is 64.0. The molecule has 9 N–H and O–H groups in total. The van der Waals surface area contributed by atoms with E-state index in [-0.39, 0.29) is 19.8 Å². The van der Waals surface area contributed by atoms with Crippen molar-refractivity contribution in [2.45, 2.75) is 59.7 Å². The van der Waals surface area contributed by atoms with Gasteiger partial charge in [-0.3, -0.25) is 4.98 Å². The third-order valence-electron chi connectivity index (χ3n) is 14.9. The van der Waals surface area contributed by atoms with Crippen molar-refractivity contribution < 1.29 is 15.3 Å². The molecular weight excluding hydrogens is 1140 g/mol. The van der Waals surface area contributed by atoms with Crippen LogP contribution in [0.25, 0.3) is 117 Å². The fourth-order valence-corrected chi connectivity index (χ4v) is 10.6.